The molecule has 0 radical (unpaired) electrons. The van der Waals surface area contributed by atoms with Gasteiger partial charge >= 0.3 is 12.1 Å². The molecule has 0 aromatic heterocycles. The van der Waals surface area contributed by atoms with Crippen molar-refractivity contribution in [3.63, 3.8) is 0 Å². The van der Waals surface area contributed by atoms with Crippen molar-refractivity contribution in [1.29, 1.82) is 0 Å². The summed E-state index contributed by atoms with van der Waals surface area (Å²) in [5.74, 6) is -1.28. The van der Waals surface area contributed by atoms with E-state index in [4.69, 9.17) is 25.9 Å². The second-order valence-electron chi connectivity index (χ2n) is 6.77. The summed E-state index contributed by atoms with van der Waals surface area (Å²) in [5, 5.41) is 18.1. The van der Waals surface area contributed by atoms with Crippen LogP contribution in [0.15, 0.2) is 28.2 Å². The SMILES string of the molecule is Cc1cc(Cl)cc2c1O[C@H](C(F)(F)F)C(C(=O)OCON=NN1CCC[C@H]1CO)=C2. The zero-order chi connectivity index (χ0) is 21.9. The van der Waals surface area contributed by atoms with Crippen LogP contribution >= 0.6 is 11.6 Å². The summed E-state index contributed by atoms with van der Waals surface area (Å²) in [4.78, 5) is 17.0. The molecule has 2 atom stereocenters. The van der Waals surface area contributed by atoms with E-state index in [9.17, 15) is 23.1 Å². The molecule has 1 aromatic rings. The number of ether oxygens (including phenoxy) is 2. The van der Waals surface area contributed by atoms with Crippen molar-refractivity contribution < 1.29 is 37.4 Å². The van der Waals surface area contributed by atoms with Crippen LogP contribution in [-0.4, -0.2) is 54.4 Å². The number of alkyl halides is 3. The second-order valence-corrected chi connectivity index (χ2v) is 7.21. The molecule has 2 heterocycles. The number of halogens is 4. The van der Waals surface area contributed by atoms with Crippen LogP contribution in [0.5, 0.6) is 5.75 Å². The molecule has 2 aliphatic heterocycles. The van der Waals surface area contributed by atoms with Crippen molar-refractivity contribution in [3.8, 4) is 5.75 Å². The lowest BCUT2D eigenvalue weighted by Gasteiger charge is -2.28. The van der Waals surface area contributed by atoms with E-state index in [1.54, 1.807) is 6.92 Å². The van der Waals surface area contributed by atoms with Crippen LogP contribution in [-0.2, 0) is 14.4 Å². The van der Waals surface area contributed by atoms with Crippen LogP contribution in [0.2, 0.25) is 5.02 Å². The maximum Gasteiger partial charge on any atom is 0.430 e. The Bertz CT molecular complexity index is 862. The first kappa shape index (κ1) is 22.2. The summed E-state index contributed by atoms with van der Waals surface area (Å²) in [7, 11) is 0. The van der Waals surface area contributed by atoms with E-state index in [0.29, 0.717) is 12.1 Å². The number of fused-ring (bicyclic) bond motifs is 1. The number of nitrogens with zero attached hydrogens (tertiary/aromatic N) is 3. The van der Waals surface area contributed by atoms with E-state index in [-0.39, 0.29) is 29.0 Å². The third-order valence-electron chi connectivity index (χ3n) is 4.64. The van der Waals surface area contributed by atoms with Crippen LogP contribution in [0.4, 0.5) is 13.2 Å². The first-order valence-electron chi connectivity index (χ1n) is 9.03. The fourth-order valence-corrected chi connectivity index (χ4v) is 3.52. The molecular weight excluding hydrogens is 431 g/mol. The molecule has 0 unspecified atom stereocenters. The van der Waals surface area contributed by atoms with Gasteiger partial charge in [-0.15, -0.1) is 0 Å². The van der Waals surface area contributed by atoms with Gasteiger partial charge in [0.05, 0.1) is 18.2 Å². The fourth-order valence-electron chi connectivity index (χ4n) is 3.24. The van der Waals surface area contributed by atoms with Crippen molar-refractivity contribution in [3.05, 3.63) is 33.9 Å². The largest absolute Gasteiger partial charge is 0.475 e. The number of aryl methyl sites for hydroxylation is 1. The third-order valence-corrected chi connectivity index (χ3v) is 4.86. The number of carbonyl (C=O) groups excluding carboxylic acids is 1. The van der Waals surface area contributed by atoms with Crippen molar-refractivity contribution in [2.75, 3.05) is 19.9 Å². The van der Waals surface area contributed by atoms with Gasteiger partial charge in [-0.25, -0.2) is 4.79 Å². The van der Waals surface area contributed by atoms with E-state index in [1.807, 2.05) is 0 Å². The van der Waals surface area contributed by atoms with Gasteiger partial charge in [-0.2, -0.15) is 13.2 Å². The lowest BCUT2D eigenvalue weighted by atomic mass is 9.99. The highest BCUT2D eigenvalue weighted by Gasteiger charge is 2.49. The van der Waals surface area contributed by atoms with E-state index in [2.05, 4.69) is 10.5 Å². The molecule has 0 bridgehead atoms. The number of esters is 1. The van der Waals surface area contributed by atoms with Crippen LogP contribution < -0.4 is 4.74 Å². The molecule has 0 amide bonds. The summed E-state index contributed by atoms with van der Waals surface area (Å²) in [6.45, 7) is 1.29. The molecule has 8 nitrogen and oxygen atoms in total. The van der Waals surface area contributed by atoms with Gasteiger partial charge in [-0.3, -0.25) is 5.01 Å². The minimum Gasteiger partial charge on any atom is -0.475 e. The van der Waals surface area contributed by atoms with Crippen LogP contribution in [0.25, 0.3) is 6.08 Å². The zero-order valence-corrected chi connectivity index (χ0v) is 16.6. The van der Waals surface area contributed by atoms with E-state index in [1.165, 1.54) is 17.1 Å². The van der Waals surface area contributed by atoms with Gasteiger partial charge in [0.15, 0.2) is 0 Å². The topological polar surface area (TPSA) is 93.0 Å². The van der Waals surface area contributed by atoms with Gasteiger partial charge in [-0.05, 0) is 48.8 Å². The van der Waals surface area contributed by atoms with Crippen LogP contribution in [0.1, 0.15) is 24.0 Å². The predicted molar refractivity (Wildman–Crippen MR) is 98.4 cm³/mol. The molecule has 1 aromatic carbocycles. The Labute approximate surface area is 174 Å². The third kappa shape index (κ3) is 4.96. The van der Waals surface area contributed by atoms with Crippen molar-refractivity contribution >= 4 is 23.6 Å². The molecule has 2 aliphatic rings. The number of aliphatic hydroxyl groups excluding tert-OH is 1. The summed E-state index contributed by atoms with van der Waals surface area (Å²) in [6, 6.07) is 2.68. The second kappa shape index (κ2) is 9.09. The standard InChI is InChI=1S/C18H19ClF3N3O5/c1-10-5-12(19)6-11-7-14(16(18(20,21)22)30-15(10)11)17(27)28-9-29-24-23-25-4-2-3-13(25)8-26/h5-7,13,16,26H,2-4,8-9H2,1H3/t13-,16-/m0/s1. The van der Waals surface area contributed by atoms with Gasteiger partial charge in [0.1, 0.15) is 5.75 Å². The Hall–Kier alpha value is -2.53. The molecule has 12 heteroatoms. The molecule has 164 valence electrons. The van der Waals surface area contributed by atoms with Gasteiger partial charge in [0.25, 0.3) is 6.79 Å². The van der Waals surface area contributed by atoms with Gasteiger partial charge in [0.2, 0.25) is 6.10 Å². The lowest BCUT2D eigenvalue weighted by molar-refractivity contribution is -0.190. The van der Waals surface area contributed by atoms with E-state index >= 15 is 0 Å². The van der Waals surface area contributed by atoms with Gasteiger partial charge in [0, 0.05) is 22.4 Å². The first-order chi connectivity index (χ1) is 14.2. The average molecular weight is 450 g/mol. The normalized spacial score (nSPS) is 21.3. The number of hydrogen-bond acceptors (Lipinski definition) is 7. The molecule has 0 aliphatic carbocycles. The quantitative estimate of drug-likeness (QED) is 0.234. The van der Waals surface area contributed by atoms with Crippen molar-refractivity contribution in [2.24, 2.45) is 10.5 Å². The Morgan fingerprint density at radius 2 is 2.20 bits per heavy atom. The van der Waals surface area contributed by atoms with Crippen LogP contribution in [0, 0.1) is 6.92 Å². The summed E-state index contributed by atoms with van der Waals surface area (Å²) < 4.78 is 50.2. The highest BCUT2D eigenvalue weighted by Crippen LogP contribution is 2.40. The summed E-state index contributed by atoms with van der Waals surface area (Å²) >= 11 is 5.94. The Kier molecular flexibility index (Phi) is 6.71. The monoisotopic (exact) mass is 449 g/mol. The minimum atomic E-state index is -4.84. The number of benzene rings is 1. The van der Waals surface area contributed by atoms with Crippen molar-refractivity contribution in [2.45, 2.75) is 38.1 Å². The lowest BCUT2D eigenvalue weighted by Crippen LogP contribution is -2.41. The van der Waals surface area contributed by atoms with E-state index in [0.717, 1.165) is 18.9 Å². The number of hydrogen-bond donors (Lipinski definition) is 1. The van der Waals surface area contributed by atoms with Crippen LogP contribution in [0.3, 0.4) is 0 Å². The molecule has 1 N–H and O–H groups in total. The number of aliphatic hydroxyl groups is 1. The minimum absolute atomic E-state index is 0.00706. The molecule has 0 saturated carbocycles. The van der Waals surface area contributed by atoms with Gasteiger partial charge < -0.3 is 19.4 Å². The number of rotatable bonds is 6. The molecule has 3 rings (SSSR count). The highest BCUT2D eigenvalue weighted by molar-refractivity contribution is 6.30. The number of carbonyl (C=O) groups is 1. The summed E-state index contributed by atoms with van der Waals surface area (Å²) in [5.41, 5.74) is -0.100. The Morgan fingerprint density at radius 3 is 2.90 bits per heavy atom. The van der Waals surface area contributed by atoms with Gasteiger partial charge in [-0.1, -0.05) is 11.6 Å². The fraction of sp³-hybridized carbons (Fsp3) is 0.500. The smallest absolute Gasteiger partial charge is 0.430 e. The molecule has 1 fully saturated rings. The molecule has 0 spiro atoms. The summed E-state index contributed by atoms with van der Waals surface area (Å²) in [6.07, 6.45) is -4.71. The van der Waals surface area contributed by atoms with E-state index < -0.39 is 30.6 Å². The molecule has 1 saturated heterocycles. The Morgan fingerprint density at radius 1 is 1.43 bits per heavy atom. The maximum atomic E-state index is 13.5. The zero-order valence-electron chi connectivity index (χ0n) is 15.9. The first-order valence-corrected chi connectivity index (χ1v) is 9.41. The molecular formula is C18H19ClF3N3O5. The predicted octanol–water partition coefficient (Wildman–Crippen LogP) is 3.61. The Balaban J connectivity index is 1.67. The van der Waals surface area contributed by atoms with Crippen molar-refractivity contribution in [1.82, 2.24) is 5.01 Å². The maximum absolute atomic E-state index is 13.5. The highest BCUT2D eigenvalue weighted by atomic mass is 35.5. The molecule has 30 heavy (non-hydrogen) atoms. The average Bonchev–Trinajstić information content (AvgIpc) is 3.13.